The number of allylic oxidation sites excluding steroid dienone is 8. The van der Waals surface area contributed by atoms with E-state index in [0.717, 1.165) is 30.6 Å². The Balaban J connectivity index is 1.99. The first-order valence-corrected chi connectivity index (χ1v) is 18.4. The summed E-state index contributed by atoms with van der Waals surface area (Å²) in [5.74, 6) is 3.05. The van der Waals surface area contributed by atoms with Gasteiger partial charge in [-0.15, -0.1) is 0 Å². The van der Waals surface area contributed by atoms with Gasteiger partial charge in [-0.2, -0.15) is 0 Å². The van der Waals surface area contributed by atoms with Crippen LogP contribution in [0.1, 0.15) is 168 Å². The van der Waals surface area contributed by atoms with Crippen molar-refractivity contribution in [1.29, 1.82) is 0 Å². The summed E-state index contributed by atoms with van der Waals surface area (Å²) in [6, 6.07) is 0. The van der Waals surface area contributed by atoms with Crippen molar-refractivity contribution in [2.45, 2.75) is 168 Å². The number of nitrogens with zero attached hydrogens (tertiary/aromatic N) is 1. The van der Waals surface area contributed by atoms with Gasteiger partial charge in [0.25, 0.3) is 0 Å². The van der Waals surface area contributed by atoms with E-state index in [2.05, 4.69) is 81.5 Å². The van der Waals surface area contributed by atoms with Crippen molar-refractivity contribution in [1.82, 2.24) is 4.90 Å². The van der Waals surface area contributed by atoms with Crippen molar-refractivity contribution in [3.8, 4) is 0 Å². The number of hydrogen-bond acceptors (Lipinski definition) is 1. The van der Waals surface area contributed by atoms with Gasteiger partial charge in [0.05, 0.1) is 0 Å². The summed E-state index contributed by atoms with van der Waals surface area (Å²) in [6.07, 6.45) is 51.6. The Hall–Kier alpha value is -1.08. The lowest BCUT2D eigenvalue weighted by Crippen LogP contribution is -2.16. The molecule has 0 heterocycles. The molecule has 1 saturated carbocycles. The van der Waals surface area contributed by atoms with E-state index in [1.807, 2.05) is 0 Å². The molecule has 0 N–H and O–H groups in total. The van der Waals surface area contributed by atoms with Gasteiger partial charge >= 0.3 is 0 Å². The highest BCUT2D eigenvalue weighted by atomic mass is 15.1. The SMILES string of the molecule is CCCCC/C=C\C/C=C\CCCCCCCC1C(CCCCCCC/C=C\C/C=C\CCCCC)C1CN(C)C. The fourth-order valence-corrected chi connectivity index (χ4v) is 6.46. The minimum atomic E-state index is 0.988. The highest BCUT2D eigenvalue weighted by Crippen LogP contribution is 2.52. The van der Waals surface area contributed by atoms with E-state index in [-0.39, 0.29) is 0 Å². The lowest BCUT2D eigenvalue weighted by atomic mass is 10.0. The van der Waals surface area contributed by atoms with Crippen LogP contribution in [0.5, 0.6) is 0 Å². The Morgan fingerprint density at radius 2 is 0.732 bits per heavy atom. The third kappa shape index (κ3) is 24.1. The predicted octanol–water partition coefficient (Wildman–Crippen LogP) is 13.0. The van der Waals surface area contributed by atoms with E-state index in [9.17, 15) is 0 Å². The maximum atomic E-state index is 2.43. The highest BCUT2D eigenvalue weighted by Gasteiger charge is 2.47. The second-order valence-electron chi connectivity index (χ2n) is 13.3. The molecule has 0 aromatic heterocycles. The van der Waals surface area contributed by atoms with Crippen LogP contribution in [0.15, 0.2) is 48.6 Å². The van der Waals surface area contributed by atoms with Crippen LogP contribution in [0.3, 0.4) is 0 Å². The Labute approximate surface area is 259 Å². The van der Waals surface area contributed by atoms with Gasteiger partial charge < -0.3 is 4.90 Å². The van der Waals surface area contributed by atoms with Crippen LogP contribution in [0.25, 0.3) is 0 Å². The van der Waals surface area contributed by atoms with Gasteiger partial charge in [-0.1, -0.05) is 140 Å². The molecule has 1 fully saturated rings. The molecule has 41 heavy (non-hydrogen) atoms. The first-order valence-electron chi connectivity index (χ1n) is 18.4. The Morgan fingerprint density at radius 1 is 0.390 bits per heavy atom. The van der Waals surface area contributed by atoms with Gasteiger partial charge in [0.15, 0.2) is 0 Å². The lowest BCUT2D eigenvalue weighted by molar-refractivity contribution is 0.366. The predicted molar refractivity (Wildman–Crippen MR) is 188 cm³/mol. The van der Waals surface area contributed by atoms with Crippen molar-refractivity contribution in [3.05, 3.63) is 48.6 Å². The smallest absolute Gasteiger partial charge is 0.000907 e. The average Bonchev–Trinajstić information content (AvgIpc) is 3.61. The van der Waals surface area contributed by atoms with Crippen LogP contribution in [0, 0.1) is 17.8 Å². The van der Waals surface area contributed by atoms with E-state index in [1.165, 1.54) is 148 Å². The summed E-state index contributed by atoms with van der Waals surface area (Å²) in [7, 11) is 4.53. The summed E-state index contributed by atoms with van der Waals surface area (Å²) in [5, 5.41) is 0. The second kappa shape index (κ2) is 29.0. The van der Waals surface area contributed by atoms with E-state index in [0.29, 0.717) is 0 Å². The largest absolute Gasteiger partial charge is 0.309 e. The number of unbranched alkanes of at least 4 members (excludes halogenated alkanes) is 16. The lowest BCUT2D eigenvalue weighted by Gasteiger charge is -2.09. The molecule has 0 aromatic carbocycles. The van der Waals surface area contributed by atoms with E-state index < -0.39 is 0 Å². The number of hydrogen-bond donors (Lipinski definition) is 0. The second-order valence-corrected chi connectivity index (χ2v) is 13.3. The van der Waals surface area contributed by atoms with Crippen molar-refractivity contribution >= 4 is 0 Å². The molecule has 0 amide bonds. The van der Waals surface area contributed by atoms with Crippen molar-refractivity contribution in [2.75, 3.05) is 20.6 Å². The summed E-state index contributed by atoms with van der Waals surface area (Å²) < 4.78 is 0. The van der Waals surface area contributed by atoms with E-state index in [1.54, 1.807) is 0 Å². The van der Waals surface area contributed by atoms with E-state index >= 15 is 0 Å². The molecule has 0 radical (unpaired) electrons. The molecule has 0 spiro atoms. The monoisotopic (exact) mass is 568 g/mol. The summed E-state index contributed by atoms with van der Waals surface area (Å²) in [6.45, 7) is 5.86. The minimum Gasteiger partial charge on any atom is -0.309 e. The van der Waals surface area contributed by atoms with E-state index in [4.69, 9.17) is 0 Å². The zero-order valence-corrected chi connectivity index (χ0v) is 28.5. The molecular formula is C40H73N. The molecule has 0 aromatic rings. The fourth-order valence-electron chi connectivity index (χ4n) is 6.46. The van der Waals surface area contributed by atoms with Crippen molar-refractivity contribution < 1.29 is 0 Å². The molecule has 1 aliphatic carbocycles. The molecule has 238 valence electrons. The van der Waals surface area contributed by atoms with Gasteiger partial charge in [-0.3, -0.25) is 0 Å². The first-order chi connectivity index (χ1) is 20.2. The Bertz CT molecular complexity index is 602. The fraction of sp³-hybridized carbons (Fsp3) is 0.800. The van der Waals surface area contributed by atoms with Gasteiger partial charge in [0.2, 0.25) is 0 Å². The third-order valence-corrected chi connectivity index (χ3v) is 9.06. The van der Waals surface area contributed by atoms with Crippen molar-refractivity contribution in [3.63, 3.8) is 0 Å². The summed E-state index contributed by atoms with van der Waals surface area (Å²) in [4.78, 5) is 2.43. The van der Waals surface area contributed by atoms with Gasteiger partial charge in [0, 0.05) is 6.54 Å². The third-order valence-electron chi connectivity index (χ3n) is 9.06. The maximum Gasteiger partial charge on any atom is 0.000907 e. The molecule has 1 rings (SSSR count). The minimum absolute atomic E-state index is 0.988. The molecule has 2 atom stereocenters. The maximum absolute atomic E-state index is 2.43. The van der Waals surface area contributed by atoms with Gasteiger partial charge in [0.1, 0.15) is 0 Å². The zero-order chi connectivity index (χ0) is 29.6. The quantitative estimate of drug-likeness (QED) is 0.0616. The zero-order valence-electron chi connectivity index (χ0n) is 28.5. The molecule has 0 bridgehead atoms. The van der Waals surface area contributed by atoms with Crippen LogP contribution in [-0.4, -0.2) is 25.5 Å². The van der Waals surface area contributed by atoms with Gasteiger partial charge in [-0.05, 0) is 109 Å². The standard InChI is InChI=1S/C40H73N/c1-5-7-9-11-13-15-17-19-21-23-25-27-29-31-33-35-38-39(40(38)37-41(3)4)36-34-32-30-28-26-24-22-20-18-16-14-12-10-8-6-2/h13-16,19-22,38-40H,5-12,17-18,23-37H2,1-4H3/b15-13-,16-14-,21-19-,22-20-. The molecule has 1 aliphatic rings. The normalized spacial score (nSPS) is 19.3. The Morgan fingerprint density at radius 3 is 1.10 bits per heavy atom. The molecule has 2 unspecified atom stereocenters. The van der Waals surface area contributed by atoms with Crippen LogP contribution in [0.4, 0.5) is 0 Å². The number of rotatable bonds is 30. The molecule has 1 nitrogen and oxygen atoms in total. The van der Waals surface area contributed by atoms with Crippen molar-refractivity contribution in [2.24, 2.45) is 17.8 Å². The van der Waals surface area contributed by atoms with Crippen LogP contribution in [0.2, 0.25) is 0 Å². The Kier molecular flexibility index (Phi) is 26.9. The summed E-state index contributed by atoms with van der Waals surface area (Å²) >= 11 is 0. The van der Waals surface area contributed by atoms with Crippen LogP contribution >= 0.6 is 0 Å². The molecule has 1 heteroatoms. The topological polar surface area (TPSA) is 3.24 Å². The van der Waals surface area contributed by atoms with Gasteiger partial charge in [-0.25, -0.2) is 0 Å². The molecule has 0 saturated heterocycles. The molecule has 0 aliphatic heterocycles. The average molecular weight is 568 g/mol. The summed E-state index contributed by atoms with van der Waals surface area (Å²) in [5.41, 5.74) is 0. The molecular weight excluding hydrogens is 494 g/mol. The van der Waals surface area contributed by atoms with Crippen LogP contribution < -0.4 is 0 Å². The first kappa shape index (κ1) is 37.9. The van der Waals surface area contributed by atoms with Crippen LogP contribution in [-0.2, 0) is 0 Å². The highest BCUT2D eigenvalue weighted by molar-refractivity contribution is 4.98.